The summed E-state index contributed by atoms with van der Waals surface area (Å²) in [7, 11) is 0. The van der Waals surface area contributed by atoms with Gasteiger partial charge in [-0.25, -0.2) is 4.99 Å². The van der Waals surface area contributed by atoms with Crippen LogP contribution in [0.4, 0.5) is 0 Å². The highest BCUT2D eigenvalue weighted by Gasteiger charge is 2.23. The fraction of sp³-hybridized carbons (Fsp3) is 0.684. The van der Waals surface area contributed by atoms with Crippen molar-refractivity contribution in [1.29, 1.82) is 0 Å². The van der Waals surface area contributed by atoms with E-state index < -0.39 is 0 Å². The van der Waals surface area contributed by atoms with Gasteiger partial charge in [-0.2, -0.15) is 0 Å². The Morgan fingerprint density at radius 2 is 2.04 bits per heavy atom. The minimum atomic E-state index is -0.114. The maximum Gasteiger partial charge on any atom is 0.242 e. The molecule has 1 amide bonds. The zero-order valence-corrected chi connectivity index (χ0v) is 15.7. The molecule has 1 heterocycles. The lowest BCUT2D eigenvalue weighted by atomic mass is 9.80. The first-order valence-corrected chi connectivity index (χ1v) is 9.42. The Kier molecular flexibility index (Phi) is 7.82. The Bertz CT molecular complexity index is 532. The van der Waals surface area contributed by atoms with Crippen molar-refractivity contribution < 1.29 is 9.21 Å². The van der Waals surface area contributed by atoms with Crippen LogP contribution >= 0.6 is 0 Å². The second-order valence-corrected chi connectivity index (χ2v) is 7.05. The van der Waals surface area contributed by atoms with Crippen LogP contribution in [0.15, 0.2) is 27.8 Å². The van der Waals surface area contributed by atoms with E-state index in [2.05, 4.69) is 34.8 Å². The van der Waals surface area contributed by atoms with E-state index in [1.54, 1.807) is 12.3 Å². The second kappa shape index (κ2) is 10.1. The lowest BCUT2D eigenvalue weighted by Crippen LogP contribution is -2.45. The number of rotatable bonds is 7. The molecular weight excluding hydrogens is 316 g/mol. The molecule has 1 fully saturated rings. The summed E-state index contributed by atoms with van der Waals surface area (Å²) in [6, 6.07) is 4.09. The molecule has 0 saturated heterocycles. The van der Waals surface area contributed by atoms with Crippen molar-refractivity contribution >= 4 is 11.9 Å². The summed E-state index contributed by atoms with van der Waals surface area (Å²) in [6.07, 6.45) is 6.45. The number of carbonyl (C=O) groups excluding carboxylic acids is 1. The fourth-order valence-corrected chi connectivity index (χ4v) is 3.25. The van der Waals surface area contributed by atoms with E-state index in [1.165, 1.54) is 12.8 Å². The summed E-state index contributed by atoms with van der Waals surface area (Å²) in [5.41, 5.74) is 0. The number of nitrogens with zero attached hydrogens (tertiary/aromatic N) is 1. The Labute approximate surface area is 150 Å². The summed E-state index contributed by atoms with van der Waals surface area (Å²) in [4.78, 5) is 16.4. The molecule has 25 heavy (non-hydrogen) atoms. The molecule has 0 radical (unpaired) electrons. The van der Waals surface area contributed by atoms with Gasteiger partial charge in [0.2, 0.25) is 5.91 Å². The van der Waals surface area contributed by atoms with Gasteiger partial charge in [0.05, 0.1) is 12.8 Å². The normalized spacial score (nSPS) is 21.2. The molecule has 0 atom stereocenters. The molecule has 1 aromatic rings. The Balaban J connectivity index is 1.76. The Morgan fingerprint density at radius 1 is 1.28 bits per heavy atom. The van der Waals surface area contributed by atoms with E-state index in [-0.39, 0.29) is 12.5 Å². The van der Waals surface area contributed by atoms with Gasteiger partial charge in [0.15, 0.2) is 5.96 Å². The minimum Gasteiger partial charge on any atom is -0.467 e. The smallest absolute Gasteiger partial charge is 0.242 e. The monoisotopic (exact) mass is 348 g/mol. The average molecular weight is 348 g/mol. The molecule has 0 unspecified atom stereocenters. The van der Waals surface area contributed by atoms with Crippen molar-refractivity contribution in [2.45, 2.75) is 59.0 Å². The molecule has 2 rings (SSSR count). The van der Waals surface area contributed by atoms with Crippen molar-refractivity contribution in [2.75, 3.05) is 13.1 Å². The third kappa shape index (κ3) is 6.80. The van der Waals surface area contributed by atoms with Gasteiger partial charge in [0.1, 0.15) is 12.3 Å². The lowest BCUT2D eigenvalue weighted by molar-refractivity contribution is -0.119. The number of aliphatic imine (C=N–C) groups is 1. The van der Waals surface area contributed by atoms with Gasteiger partial charge in [-0.05, 0) is 56.6 Å². The predicted octanol–water partition coefficient (Wildman–Crippen LogP) is 2.67. The minimum absolute atomic E-state index is 0.109. The van der Waals surface area contributed by atoms with E-state index in [9.17, 15) is 4.79 Å². The van der Waals surface area contributed by atoms with Gasteiger partial charge in [-0.3, -0.25) is 4.79 Å². The molecule has 3 N–H and O–H groups in total. The van der Waals surface area contributed by atoms with Crippen LogP contribution in [0.25, 0.3) is 0 Å². The largest absolute Gasteiger partial charge is 0.467 e. The summed E-state index contributed by atoms with van der Waals surface area (Å²) >= 11 is 0. The van der Waals surface area contributed by atoms with Crippen molar-refractivity contribution in [1.82, 2.24) is 16.0 Å². The molecule has 1 aromatic heterocycles. The number of furan rings is 1. The molecule has 1 aliphatic carbocycles. The number of hydrogen-bond donors (Lipinski definition) is 3. The molecular formula is C19H32N4O2. The highest BCUT2D eigenvalue weighted by Crippen LogP contribution is 2.29. The molecule has 1 aliphatic rings. The highest BCUT2D eigenvalue weighted by molar-refractivity contribution is 5.85. The van der Waals surface area contributed by atoms with E-state index in [0.717, 1.165) is 42.9 Å². The summed E-state index contributed by atoms with van der Waals surface area (Å²) in [5.74, 6) is 2.95. The zero-order valence-electron chi connectivity index (χ0n) is 15.7. The molecule has 140 valence electrons. The second-order valence-electron chi connectivity index (χ2n) is 7.05. The summed E-state index contributed by atoms with van der Waals surface area (Å²) < 4.78 is 5.20. The first kappa shape index (κ1) is 19.3. The van der Waals surface area contributed by atoms with E-state index in [1.807, 2.05) is 13.0 Å². The van der Waals surface area contributed by atoms with E-state index >= 15 is 0 Å². The molecule has 6 nitrogen and oxygen atoms in total. The first-order chi connectivity index (χ1) is 12.1. The molecule has 1 saturated carbocycles. The number of guanidine groups is 1. The predicted molar refractivity (Wildman–Crippen MR) is 100 cm³/mol. The number of nitrogens with one attached hydrogen (secondary N) is 3. The average Bonchev–Trinajstić information content (AvgIpc) is 3.12. The third-order valence-electron chi connectivity index (χ3n) is 4.82. The summed E-state index contributed by atoms with van der Waals surface area (Å²) in [6.45, 7) is 7.93. The van der Waals surface area contributed by atoms with Crippen LogP contribution in [0.2, 0.25) is 0 Å². The van der Waals surface area contributed by atoms with Crippen LogP contribution in [0, 0.1) is 11.8 Å². The van der Waals surface area contributed by atoms with Crippen molar-refractivity contribution in [3.05, 3.63) is 24.2 Å². The van der Waals surface area contributed by atoms with Crippen LogP contribution in [0.3, 0.4) is 0 Å². The number of amides is 1. The lowest BCUT2D eigenvalue weighted by Gasteiger charge is -2.32. The van der Waals surface area contributed by atoms with Crippen molar-refractivity contribution in [3.8, 4) is 0 Å². The van der Waals surface area contributed by atoms with Crippen LogP contribution in [0.5, 0.6) is 0 Å². The molecule has 0 aliphatic heterocycles. The van der Waals surface area contributed by atoms with Gasteiger partial charge in [-0.15, -0.1) is 0 Å². The topological polar surface area (TPSA) is 78.7 Å². The van der Waals surface area contributed by atoms with Crippen molar-refractivity contribution in [2.24, 2.45) is 16.8 Å². The van der Waals surface area contributed by atoms with Gasteiger partial charge < -0.3 is 20.4 Å². The van der Waals surface area contributed by atoms with E-state index in [0.29, 0.717) is 12.6 Å². The van der Waals surface area contributed by atoms with E-state index in [4.69, 9.17) is 4.42 Å². The Hall–Kier alpha value is -1.98. The van der Waals surface area contributed by atoms with Crippen molar-refractivity contribution in [3.63, 3.8) is 0 Å². The maximum atomic E-state index is 11.9. The molecule has 6 heteroatoms. The zero-order chi connectivity index (χ0) is 18.1. The quantitative estimate of drug-likeness (QED) is 0.523. The fourth-order valence-electron chi connectivity index (χ4n) is 3.25. The van der Waals surface area contributed by atoms with Gasteiger partial charge >= 0.3 is 0 Å². The first-order valence-electron chi connectivity index (χ1n) is 9.42. The van der Waals surface area contributed by atoms with Crippen LogP contribution in [0.1, 0.15) is 52.2 Å². The molecule has 0 spiro atoms. The standard InChI is InChI=1S/C19H32N4O2/c1-4-20-19(23-16-9-7-15(8-10-16)14(2)3)22-13-18(24)21-12-17-6-5-11-25-17/h5-6,11,14-16H,4,7-10,12-13H2,1-3H3,(H,21,24)(H2,20,22,23). The highest BCUT2D eigenvalue weighted by atomic mass is 16.3. The number of carbonyl (C=O) groups is 1. The van der Waals surface area contributed by atoms with Crippen LogP contribution in [-0.2, 0) is 11.3 Å². The Morgan fingerprint density at radius 3 is 2.64 bits per heavy atom. The third-order valence-corrected chi connectivity index (χ3v) is 4.82. The van der Waals surface area contributed by atoms with Gasteiger partial charge in [0, 0.05) is 12.6 Å². The van der Waals surface area contributed by atoms with Gasteiger partial charge in [-0.1, -0.05) is 13.8 Å². The molecule has 0 bridgehead atoms. The SMILES string of the molecule is CCNC(=NCC(=O)NCc1ccco1)NC1CCC(C(C)C)CC1. The summed E-state index contributed by atoms with van der Waals surface area (Å²) in [5, 5.41) is 9.52. The number of hydrogen-bond acceptors (Lipinski definition) is 3. The van der Waals surface area contributed by atoms with Crippen LogP contribution in [-0.4, -0.2) is 31.0 Å². The van der Waals surface area contributed by atoms with Gasteiger partial charge in [0.25, 0.3) is 0 Å². The maximum absolute atomic E-state index is 11.9. The molecule has 0 aromatic carbocycles. The van der Waals surface area contributed by atoms with Crippen LogP contribution < -0.4 is 16.0 Å².